The predicted molar refractivity (Wildman–Crippen MR) is 72.2 cm³/mol. The lowest BCUT2D eigenvalue weighted by Crippen LogP contribution is -2.39. The maximum Gasteiger partial charge on any atom is 0.416 e. The molecule has 104 valence electrons. The molecule has 0 bridgehead atoms. The summed E-state index contributed by atoms with van der Waals surface area (Å²) in [6.07, 6.45) is -0.377. The van der Waals surface area contributed by atoms with E-state index in [0.29, 0.717) is 25.6 Å². The molecule has 1 amide bonds. The number of amides is 1. The van der Waals surface area contributed by atoms with E-state index < -0.39 is 5.60 Å². The van der Waals surface area contributed by atoms with Crippen molar-refractivity contribution in [3.63, 3.8) is 0 Å². The summed E-state index contributed by atoms with van der Waals surface area (Å²) in [5.74, 6) is 0.645. The number of aryl methyl sites for hydroxylation is 1. The number of rotatable bonds is 0. The molecule has 0 spiro atoms. The Balaban J connectivity index is 2.31. The number of carbonyl (C=O) groups is 1. The highest BCUT2D eigenvalue weighted by Crippen LogP contribution is 2.24. The molecule has 0 atom stereocenters. The highest BCUT2D eigenvalue weighted by atomic mass is 16.6. The number of nitrogens with zero attached hydrogens (tertiary/aromatic N) is 2. The number of ether oxygens (including phenoxy) is 2. The zero-order chi connectivity index (χ0) is 14.0. The van der Waals surface area contributed by atoms with Crippen LogP contribution in [0.1, 0.15) is 32.0 Å². The molecule has 0 radical (unpaired) electrons. The molecular formula is C14H20N2O3. The van der Waals surface area contributed by atoms with Crippen LogP contribution in [0.5, 0.6) is 0 Å². The second-order valence-electron chi connectivity index (χ2n) is 5.62. The first-order chi connectivity index (χ1) is 8.87. The SMILES string of the molecule is Cc1ccc2c(n1)N(C(=O)OC(C)(C)C)CCOC2. The molecule has 0 fully saturated rings. The third-order valence-electron chi connectivity index (χ3n) is 2.68. The average Bonchev–Trinajstić information content (AvgIpc) is 2.48. The van der Waals surface area contributed by atoms with Gasteiger partial charge >= 0.3 is 6.09 Å². The molecule has 0 aromatic carbocycles. The molecule has 1 aliphatic rings. The Hall–Kier alpha value is -1.62. The smallest absolute Gasteiger partial charge is 0.416 e. The summed E-state index contributed by atoms with van der Waals surface area (Å²) in [7, 11) is 0. The van der Waals surface area contributed by atoms with Gasteiger partial charge in [0.25, 0.3) is 0 Å². The summed E-state index contributed by atoms with van der Waals surface area (Å²) >= 11 is 0. The highest BCUT2D eigenvalue weighted by molar-refractivity contribution is 5.87. The second-order valence-corrected chi connectivity index (χ2v) is 5.62. The summed E-state index contributed by atoms with van der Waals surface area (Å²) in [6.45, 7) is 8.87. The molecule has 1 aromatic heterocycles. The minimum atomic E-state index is -0.520. The van der Waals surface area contributed by atoms with Gasteiger partial charge in [0.05, 0.1) is 19.8 Å². The molecule has 2 heterocycles. The topological polar surface area (TPSA) is 51.7 Å². The van der Waals surface area contributed by atoms with E-state index in [1.165, 1.54) is 0 Å². The minimum absolute atomic E-state index is 0.377. The van der Waals surface area contributed by atoms with E-state index in [1.807, 2.05) is 39.8 Å². The predicted octanol–water partition coefficient (Wildman–Crippen LogP) is 2.66. The van der Waals surface area contributed by atoms with Crippen molar-refractivity contribution in [2.24, 2.45) is 0 Å². The van der Waals surface area contributed by atoms with Crippen molar-refractivity contribution in [3.05, 3.63) is 23.4 Å². The quantitative estimate of drug-likeness (QED) is 0.723. The van der Waals surface area contributed by atoms with Crippen LogP contribution >= 0.6 is 0 Å². The van der Waals surface area contributed by atoms with Gasteiger partial charge < -0.3 is 9.47 Å². The van der Waals surface area contributed by atoms with Gasteiger partial charge in [-0.25, -0.2) is 9.78 Å². The van der Waals surface area contributed by atoms with Gasteiger partial charge in [-0.3, -0.25) is 4.90 Å². The first kappa shape index (κ1) is 13.8. The van der Waals surface area contributed by atoms with Gasteiger partial charge in [-0.05, 0) is 33.8 Å². The number of hydrogen-bond acceptors (Lipinski definition) is 4. The van der Waals surface area contributed by atoms with Crippen LogP contribution in [0.15, 0.2) is 12.1 Å². The molecule has 2 rings (SSSR count). The number of fused-ring (bicyclic) bond motifs is 1. The Morgan fingerprint density at radius 1 is 1.42 bits per heavy atom. The van der Waals surface area contributed by atoms with Crippen molar-refractivity contribution in [2.45, 2.75) is 39.9 Å². The molecule has 0 N–H and O–H groups in total. The van der Waals surface area contributed by atoms with Gasteiger partial charge in [-0.1, -0.05) is 6.07 Å². The highest BCUT2D eigenvalue weighted by Gasteiger charge is 2.27. The van der Waals surface area contributed by atoms with E-state index in [-0.39, 0.29) is 6.09 Å². The number of aromatic nitrogens is 1. The molecule has 1 aliphatic heterocycles. The van der Waals surface area contributed by atoms with Crippen molar-refractivity contribution >= 4 is 11.9 Å². The van der Waals surface area contributed by atoms with E-state index in [4.69, 9.17) is 9.47 Å². The van der Waals surface area contributed by atoms with Gasteiger partial charge in [-0.2, -0.15) is 0 Å². The maximum absolute atomic E-state index is 12.2. The summed E-state index contributed by atoms with van der Waals surface area (Å²) in [4.78, 5) is 18.3. The number of anilines is 1. The van der Waals surface area contributed by atoms with E-state index in [9.17, 15) is 4.79 Å². The lowest BCUT2D eigenvalue weighted by Gasteiger charge is -2.26. The van der Waals surface area contributed by atoms with Crippen molar-refractivity contribution in [1.82, 2.24) is 4.98 Å². The fourth-order valence-corrected chi connectivity index (χ4v) is 1.86. The van der Waals surface area contributed by atoms with Crippen molar-refractivity contribution in [2.75, 3.05) is 18.1 Å². The van der Waals surface area contributed by atoms with Gasteiger partial charge in [0, 0.05) is 11.3 Å². The average molecular weight is 264 g/mol. The summed E-state index contributed by atoms with van der Waals surface area (Å²) in [5, 5.41) is 0. The number of hydrogen-bond donors (Lipinski definition) is 0. The van der Waals surface area contributed by atoms with Crippen LogP contribution in [0, 0.1) is 6.92 Å². The van der Waals surface area contributed by atoms with E-state index >= 15 is 0 Å². The monoisotopic (exact) mass is 264 g/mol. The Morgan fingerprint density at radius 2 is 2.16 bits per heavy atom. The summed E-state index contributed by atoms with van der Waals surface area (Å²) in [5.41, 5.74) is 1.26. The Labute approximate surface area is 113 Å². The van der Waals surface area contributed by atoms with Gasteiger partial charge in [-0.15, -0.1) is 0 Å². The van der Waals surface area contributed by atoms with Crippen LogP contribution in [0.3, 0.4) is 0 Å². The lowest BCUT2D eigenvalue weighted by atomic mass is 10.2. The fraction of sp³-hybridized carbons (Fsp3) is 0.571. The van der Waals surface area contributed by atoms with Crippen LogP contribution < -0.4 is 4.90 Å². The van der Waals surface area contributed by atoms with E-state index in [2.05, 4.69) is 4.98 Å². The van der Waals surface area contributed by atoms with Crippen LogP contribution in [0.4, 0.5) is 10.6 Å². The van der Waals surface area contributed by atoms with Crippen LogP contribution in [0.25, 0.3) is 0 Å². The molecule has 0 saturated carbocycles. The van der Waals surface area contributed by atoms with Crippen LogP contribution in [0.2, 0.25) is 0 Å². The number of pyridine rings is 1. The van der Waals surface area contributed by atoms with Crippen molar-refractivity contribution in [3.8, 4) is 0 Å². The summed E-state index contributed by atoms with van der Waals surface area (Å²) < 4.78 is 10.9. The molecule has 0 unspecified atom stereocenters. The lowest BCUT2D eigenvalue weighted by molar-refractivity contribution is 0.0565. The first-order valence-electron chi connectivity index (χ1n) is 6.41. The van der Waals surface area contributed by atoms with E-state index in [1.54, 1.807) is 4.90 Å². The molecule has 0 aliphatic carbocycles. The number of carbonyl (C=O) groups excluding carboxylic acids is 1. The van der Waals surface area contributed by atoms with Crippen LogP contribution in [-0.4, -0.2) is 29.8 Å². The zero-order valence-corrected chi connectivity index (χ0v) is 11.9. The Kier molecular flexibility index (Phi) is 3.75. The van der Waals surface area contributed by atoms with Gasteiger partial charge in [0.2, 0.25) is 0 Å². The molecule has 5 heteroatoms. The second kappa shape index (κ2) is 5.17. The molecular weight excluding hydrogens is 244 g/mol. The normalized spacial score (nSPS) is 15.7. The third-order valence-corrected chi connectivity index (χ3v) is 2.68. The zero-order valence-electron chi connectivity index (χ0n) is 11.9. The molecule has 5 nitrogen and oxygen atoms in total. The molecule has 1 aromatic rings. The van der Waals surface area contributed by atoms with Gasteiger partial charge in [0.15, 0.2) is 0 Å². The minimum Gasteiger partial charge on any atom is -0.443 e. The Morgan fingerprint density at radius 3 is 2.84 bits per heavy atom. The molecule has 19 heavy (non-hydrogen) atoms. The van der Waals surface area contributed by atoms with Crippen LogP contribution in [-0.2, 0) is 16.1 Å². The van der Waals surface area contributed by atoms with E-state index in [0.717, 1.165) is 11.3 Å². The first-order valence-corrected chi connectivity index (χ1v) is 6.41. The Bertz CT molecular complexity index is 480. The third kappa shape index (κ3) is 3.44. The maximum atomic E-state index is 12.2. The van der Waals surface area contributed by atoms with Crippen molar-refractivity contribution < 1.29 is 14.3 Å². The standard InChI is InChI=1S/C14H20N2O3/c1-10-5-6-11-9-18-8-7-16(12(11)15-10)13(17)19-14(2,3)4/h5-6H,7-9H2,1-4H3. The summed E-state index contributed by atoms with van der Waals surface area (Å²) in [6, 6.07) is 3.86. The van der Waals surface area contributed by atoms with Crippen molar-refractivity contribution in [1.29, 1.82) is 0 Å². The fourth-order valence-electron chi connectivity index (χ4n) is 1.86. The molecule has 0 saturated heterocycles. The van der Waals surface area contributed by atoms with Gasteiger partial charge in [0.1, 0.15) is 11.4 Å². The largest absolute Gasteiger partial charge is 0.443 e.